The summed E-state index contributed by atoms with van der Waals surface area (Å²) in [6.45, 7) is 4.65. The van der Waals surface area contributed by atoms with Crippen molar-refractivity contribution >= 4 is 11.8 Å². The molecule has 0 radical (unpaired) electrons. The second-order valence-corrected chi connectivity index (χ2v) is 8.35. The largest absolute Gasteiger partial charge is 0.365 e. The number of likely N-dealkylation sites (tertiary alicyclic amines) is 2. The van der Waals surface area contributed by atoms with Gasteiger partial charge < -0.3 is 20.1 Å². The van der Waals surface area contributed by atoms with Crippen molar-refractivity contribution in [1.82, 2.24) is 25.1 Å². The second-order valence-electron chi connectivity index (χ2n) is 8.35. The van der Waals surface area contributed by atoms with E-state index in [0.29, 0.717) is 18.7 Å². The zero-order chi connectivity index (χ0) is 20.4. The number of carbonyl (C=O) groups is 2. The van der Waals surface area contributed by atoms with E-state index in [9.17, 15) is 9.59 Å². The second kappa shape index (κ2) is 7.99. The van der Waals surface area contributed by atoms with Gasteiger partial charge in [0.2, 0.25) is 5.91 Å². The van der Waals surface area contributed by atoms with Gasteiger partial charge in [0.15, 0.2) is 0 Å². The third-order valence-corrected chi connectivity index (χ3v) is 6.53. The standard InChI is InChI=1S/C22H29N5O2/c1-16-18(6-10-24-16)20(28)27-11-4-7-22(8-12-26(2)15-19(22)27)21(29)25-14-17-5-3-9-23-13-17/h3,5-6,9-10,13,19,24H,4,7-8,11-12,14-15H2,1-2H3,(H,25,29)/t19-,22+/m0/s1. The Morgan fingerprint density at radius 2 is 2.17 bits per heavy atom. The van der Waals surface area contributed by atoms with Crippen LogP contribution in [0.5, 0.6) is 0 Å². The Hall–Kier alpha value is -2.67. The number of aromatic amines is 1. The van der Waals surface area contributed by atoms with Crippen LogP contribution < -0.4 is 5.32 Å². The van der Waals surface area contributed by atoms with E-state index in [4.69, 9.17) is 0 Å². The third kappa shape index (κ3) is 3.67. The first-order valence-electron chi connectivity index (χ1n) is 10.3. The van der Waals surface area contributed by atoms with Crippen LogP contribution in [0.25, 0.3) is 0 Å². The Labute approximate surface area is 171 Å². The highest BCUT2D eigenvalue weighted by Crippen LogP contribution is 2.43. The van der Waals surface area contributed by atoms with Crippen LogP contribution in [0.15, 0.2) is 36.8 Å². The first kappa shape index (κ1) is 19.6. The van der Waals surface area contributed by atoms with Crippen LogP contribution in [0.2, 0.25) is 0 Å². The zero-order valence-electron chi connectivity index (χ0n) is 17.1. The molecule has 29 heavy (non-hydrogen) atoms. The Bertz CT molecular complexity index is 880. The number of hydrogen-bond acceptors (Lipinski definition) is 4. The van der Waals surface area contributed by atoms with Gasteiger partial charge in [-0.25, -0.2) is 0 Å². The highest BCUT2D eigenvalue weighted by molar-refractivity contribution is 5.96. The van der Waals surface area contributed by atoms with Gasteiger partial charge in [0.05, 0.1) is 17.0 Å². The number of carbonyl (C=O) groups excluding carboxylic acids is 2. The van der Waals surface area contributed by atoms with E-state index in [0.717, 1.165) is 43.6 Å². The average molecular weight is 396 g/mol. The van der Waals surface area contributed by atoms with E-state index >= 15 is 0 Å². The predicted molar refractivity (Wildman–Crippen MR) is 110 cm³/mol. The Kier molecular flexibility index (Phi) is 5.41. The lowest BCUT2D eigenvalue weighted by molar-refractivity contribution is -0.142. The smallest absolute Gasteiger partial charge is 0.255 e. The fourth-order valence-corrected chi connectivity index (χ4v) is 4.85. The molecule has 2 fully saturated rings. The van der Waals surface area contributed by atoms with Crippen LogP contribution in [0.1, 0.15) is 40.9 Å². The molecule has 2 atom stereocenters. The van der Waals surface area contributed by atoms with Crippen molar-refractivity contribution in [3.8, 4) is 0 Å². The molecule has 0 bridgehead atoms. The normalized spacial score (nSPS) is 24.8. The summed E-state index contributed by atoms with van der Waals surface area (Å²) in [6.07, 6.45) is 7.73. The van der Waals surface area contributed by atoms with Crippen LogP contribution in [-0.4, -0.2) is 64.3 Å². The van der Waals surface area contributed by atoms with Crippen molar-refractivity contribution in [2.75, 3.05) is 26.7 Å². The maximum atomic E-state index is 13.5. The Morgan fingerprint density at radius 3 is 2.90 bits per heavy atom. The number of piperidine rings is 2. The van der Waals surface area contributed by atoms with Gasteiger partial charge in [-0.05, 0) is 57.5 Å². The monoisotopic (exact) mass is 395 g/mol. The minimum absolute atomic E-state index is 0.0215. The summed E-state index contributed by atoms with van der Waals surface area (Å²) in [5.41, 5.74) is 2.02. The number of nitrogens with one attached hydrogen (secondary N) is 2. The van der Waals surface area contributed by atoms with E-state index in [1.54, 1.807) is 18.6 Å². The molecule has 2 N–H and O–H groups in total. The molecule has 0 saturated carbocycles. The van der Waals surface area contributed by atoms with Crippen molar-refractivity contribution in [1.29, 1.82) is 0 Å². The number of likely N-dealkylation sites (N-methyl/N-ethyl adjacent to an activating group) is 1. The lowest BCUT2D eigenvalue weighted by Gasteiger charge is -2.53. The molecule has 7 heteroatoms. The minimum Gasteiger partial charge on any atom is -0.365 e. The molecule has 0 aromatic carbocycles. The lowest BCUT2D eigenvalue weighted by Crippen LogP contribution is -2.66. The van der Waals surface area contributed by atoms with Gasteiger partial charge in [0, 0.05) is 43.9 Å². The van der Waals surface area contributed by atoms with E-state index in [1.165, 1.54) is 0 Å². The van der Waals surface area contributed by atoms with Crippen LogP contribution >= 0.6 is 0 Å². The van der Waals surface area contributed by atoms with Crippen molar-refractivity contribution in [2.24, 2.45) is 5.41 Å². The number of rotatable bonds is 4. The predicted octanol–water partition coefficient (Wildman–Crippen LogP) is 1.96. The Morgan fingerprint density at radius 1 is 1.31 bits per heavy atom. The molecular weight excluding hydrogens is 366 g/mol. The number of H-pyrrole nitrogens is 1. The van der Waals surface area contributed by atoms with Gasteiger partial charge in [-0.3, -0.25) is 14.6 Å². The van der Waals surface area contributed by atoms with Crippen molar-refractivity contribution < 1.29 is 9.59 Å². The van der Waals surface area contributed by atoms with Crippen molar-refractivity contribution in [3.63, 3.8) is 0 Å². The molecule has 0 spiro atoms. The van der Waals surface area contributed by atoms with Crippen molar-refractivity contribution in [3.05, 3.63) is 53.6 Å². The number of fused-ring (bicyclic) bond motifs is 1. The van der Waals surface area contributed by atoms with Gasteiger partial charge in [0.1, 0.15) is 0 Å². The van der Waals surface area contributed by atoms with Crippen LogP contribution in [0, 0.1) is 12.3 Å². The highest BCUT2D eigenvalue weighted by Gasteiger charge is 2.53. The van der Waals surface area contributed by atoms with E-state index in [2.05, 4.69) is 27.2 Å². The summed E-state index contributed by atoms with van der Waals surface area (Å²) in [7, 11) is 2.07. The SMILES string of the molecule is Cc1[nH]ccc1C(=O)N1CCC[C@@]2(C(=O)NCc3cccnc3)CCN(C)C[C@H]12. The first-order valence-corrected chi connectivity index (χ1v) is 10.3. The molecule has 0 unspecified atom stereocenters. The number of nitrogens with zero attached hydrogens (tertiary/aromatic N) is 3. The van der Waals surface area contributed by atoms with Crippen LogP contribution in [0.3, 0.4) is 0 Å². The van der Waals surface area contributed by atoms with E-state index in [1.807, 2.05) is 30.0 Å². The molecule has 0 aliphatic carbocycles. The van der Waals surface area contributed by atoms with Gasteiger partial charge in [-0.15, -0.1) is 0 Å². The zero-order valence-corrected chi connectivity index (χ0v) is 17.1. The maximum Gasteiger partial charge on any atom is 0.255 e. The molecule has 2 aliphatic heterocycles. The van der Waals surface area contributed by atoms with E-state index < -0.39 is 5.41 Å². The molecule has 7 nitrogen and oxygen atoms in total. The highest BCUT2D eigenvalue weighted by atomic mass is 16.2. The van der Waals surface area contributed by atoms with Crippen LogP contribution in [-0.2, 0) is 11.3 Å². The molecule has 2 saturated heterocycles. The molecule has 4 rings (SSSR count). The molecule has 2 aliphatic rings. The molecule has 2 amide bonds. The quantitative estimate of drug-likeness (QED) is 0.829. The van der Waals surface area contributed by atoms with Gasteiger partial charge in [-0.2, -0.15) is 0 Å². The number of pyridine rings is 1. The fraction of sp³-hybridized carbons (Fsp3) is 0.500. The number of aromatic nitrogens is 2. The molecule has 2 aromatic rings. The van der Waals surface area contributed by atoms with Crippen LogP contribution in [0.4, 0.5) is 0 Å². The number of aryl methyl sites for hydroxylation is 1. The van der Waals surface area contributed by atoms with Gasteiger partial charge in [-0.1, -0.05) is 6.07 Å². The molecule has 154 valence electrons. The van der Waals surface area contributed by atoms with Crippen molar-refractivity contribution in [2.45, 2.75) is 38.8 Å². The van der Waals surface area contributed by atoms with Gasteiger partial charge >= 0.3 is 0 Å². The van der Waals surface area contributed by atoms with Gasteiger partial charge in [0.25, 0.3) is 5.91 Å². The third-order valence-electron chi connectivity index (χ3n) is 6.53. The topological polar surface area (TPSA) is 81.3 Å². The molecule has 2 aromatic heterocycles. The first-order chi connectivity index (χ1) is 14.0. The minimum atomic E-state index is -0.535. The summed E-state index contributed by atoms with van der Waals surface area (Å²) < 4.78 is 0. The average Bonchev–Trinajstić information content (AvgIpc) is 3.17. The summed E-state index contributed by atoms with van der Waals surface area (Å²) in [6, 6.07) is 5.55. The summed E-state index contributed by atoms with van der Waals surface area (Å²) in [5, 5.41) is 3.14. The molecular formula is C22H29N5O2. The summed E-state index contributed by atoms with van der Waals surface area (Å²) in [5.74, 6) is 0.0796. The summed E-state index contributed by atoms with van der Waals surface area (Å²) >= 11 is 0. The molecule has 4 heterocycles. The fourth-order valence-electron chi connectivity index (χ4n) is 4.85. The Balaban J connectivity index is 1.58. The lowest BCUT2D eigenvalue weighted by atomic mass is 9.67. The summed E-state index contributed by atoms with van der Waals surface area (Å²) in [4.78, 5) is 38.2. The number of hydrogen-bond donors (Lipinski definition) is 2. The van der Waals surface area contributed by atoms with E-state index in [-0.39, 0.29) is 17.9 Å². The number of amides is 2. The maximum absolute atomic E-state index is 13.5.